The fourth-order valence-corrected chi connectivity index (χ4v) is 2.23. The Kier molecular flexibility index (Phi) is 4.09. The molecular weight excluding hydrogens is 244 g/mol. The highest BCUT2D eigenvalue weighted by Crippen LogP contribution is 2.29. The van der Waals surface area contributed by atoms with Gasteiger partial charge in [-0.25, -0.2) is 4.79 Å². The van der Waals surface area contributed by atoms with E-state index in [0.29, 0.717) is 5.92 Å². The Morgan fingerprint density at radius 1 is 1.42 bits per heavy atom. The van der Waals surface area contributed by atoms with E-state index in [1.165, 1.54) is 0 Å². The molecule has 1 aromatic rings. The van der Waals surface area contributed by atoms with Crippen LogP contribution in [0.15, 0.2) is 6.20 Å². The van der Waals surface area contributed by atoms with E-state index in [0.717, 1.165) is 37.3 Å². The number of aromatic amines is 1. The third kappa shape index (κ3) is 3.96. The lowest BCUT2D eigenvalue weighted by molar-refractivity contribution is 0.0635. The third-order valence-electron chi connectivity index (χ3n) is 3.05. The number of amides is 1. The first-order valence-corrected chi connectivity index (χ1v) is 6.70. The maximum Gasteiger partial charge on any atom is 0.412 e. The second-order valence-corrected chi connectivity index (χ2v) is 5.85. The van der Waals surface area contributed by atoms with Gasteiger partial charge in [0.25, 0.3) is 0 Å². The number of H-pyrrole nitrogens is 1. The van der Waals surface area contributed by atoms with Gasteiger partial charge in [-0.2, -0.15) is 5.10 Å². The highest BCUT2D eigenvalue weighted by atomic mass is 16.6. The van der Waals surface area contributed by atoms with Crippen molar-refractivity contribution >= 4 is 11.8 Å². The van der Waals surface area contributed by atoms with Gasteiger partial charge >= 0.3 is 6.09 Å². The minimum atomic E-state index is -0.497. The molecule has 0 spiro atoms. The first-order valence-electron chi connectivity index (χ1n) is 6.70. The van der Waals surface area contributed by atoms with Gasteiger partial charge in [-0.15, -0.1) is 0 Å². The van der Waals surface area contributed by atoms with Crippen LogP contribution in [0.25, 0.3) is 0 Å². The Morgan fingerprint density at radius 3 is 2.74 bits per heavy atom. The first kappa shape index (κ1) is 13.9. The molecule has 19 heavy (non-hydrogen) atoms. The van der Waals surface area contributed by atoms with Gasteiger partial charge in [0.05, 0.1) is 17.6 Å². The molecule has 0 radical (unpaired) electrons. The van der Waals surface area contributed by atoms with Crippen molar-refractivity contribution in [3.05, 3.63) is 11.9 Å². The zero-order valence-electron chi connectivity index (χ0n) is 11.7. The average Bonchev–Trinajstić information content (AvgIpc) is 2.75. The van der Waals surface area contributed by atoms with E-state index in [4.69, 9.17) is 4.74 Å². The molecule has 3 N–H and O–H groups in total. The van der Waals surface area contributed by atoms with E-state index < -0.39 is 11.7 Å². The topological polar surface area (TPSA) is 79.0 Å². The zero-order valence-corrected chi connectivity index (χ0v) is 11.7. The van der Waals surface area contributed by atoms with Crippen LogP contribution in [-0.4, -0.2) is 35.0 Å². The maximum absolute atomic E-state index is 11.8. The molecule has 6 heteroatoms. The van der Waals surface area contributed by atoms with Crippen LogP contribution in [0.3, 0.4) is 0 Å². The minimum absolute atomic E-state index is 0.411. The fourth-order valence-electron chi connectivity index (χ4n) is 2.23. The van der Waals surface area contributed by atoms with Gasteiger partial charge in [0.1, 0.15) is 5.60 Å². The quantitative estimate of drug-likeness (QED) is 0.767. The van der Waals surface area contributed by atoms with Crippen molar-refractivity contribution in [1.29, 1.82) is 0 Å². The summed E-state index contributed by atoms with van der Waals surface area (Å²) in [5.74, 6) is 0.411. The number of nitrogens with zero attached hydrogens (tertiary/aromatic N) is 1. The molecule has 1 aromatic heterocycles. The van der Waals surface area contributed by atoms with Crippen molar-refractivity contribution in [1.82, 2.24) is 15.5 Å². The summed E-state index contributed by atoms with van der Waals surface area (Å²) < 4.78 is 5.25. The van der Waals surface area contributed by atoms with E-state index in [1.54, 1.807) is 6.20 Å². The molecular formula is C13H22N4O2. The van der Waals surface area contributed by atoms with Crippen molar-refractivity contribution in [2.45, 2.75) is 45.1 Å². The second kappa shape index (κ2) is 5.61. The Balaban J connectivity index is 2.01. The molecule has 2 heterocycles. The summed E-state index contributed by atoms with van der Waals surface area (Å²) >= 11 is 0. The highest BCUT2D eigenvalue weighted by Gasteiger charge is 2.22. The Hall–Kier alpha value is -1.56. The van der Waals surface area contributed by atoms with E-state index in [1.807, 2.05) is 20.8 Å². The molecule has 106 valence electrons. The average molecular weight is 266 g/mol. The van der Waals surface area contributed by atoms with Crippen LogP contribution in [0, 0.1) is 0 Å². The Bertz CT molecular complexity index is 430. The van der Waals surface area contributed by atoms with E-state index in [2.05, 4.69) is 20.8 Å². The molecule has 0 aromatic carbocycles. The molecule has 2 rings (SSSR count). The van der Waals surface area contributed by atoms with Gasteiger partial charge in [0.15, 0.2) is 0 Å². The van der Waals surface area contributed by atoms with Crippen molar-refractivity contribution in [3.63, 3.8) is 0 Å². The molecule has 1 aliphatic heterocycles. The van der Waals surface area contributed by atoms with Crippen LogP contribution in [-0.2, 0) is 4.74 Å². The summed E-state index contributed by atoms with van der Waals surface area (Å²) in [5, 5.41) is 13.1. The monoisotopic (exact) mass is 266 g/mol. The molecule has 0 saturated carbocycles. The lowest BCUT2D eigenvalue weighted by Gasteiger charge is -2.23. The normalized spacial score (nSPS) is 17.2. The molecule has 0 aliphatic carbocycles. The number of ether oxygens (including phenoxy) is 1. The number of carbonyl (C=O) groups excluding carboxylic acids is 1. The number of hydrogen-bond acceptors (Lipinski definition) is 4. The largest absolute Gasteiger partial charge is 0.444 e. The Morgan fingerprint density at radius 2 is 2.11 bits per heavy atom. The van der Waals surface area contributed by atoms with Gasteiger partial charge < -0.3 is 10.1 Å². The predicted molar refractivity (Wildman–Crippen MR) is 73.3 cm³/mol. The highest BCUT2D eigenvalue weighted by molar-refractivity contribution is 5.85. The maximum atomic E-state index is 11.8. The molecule has 1 saturated heterocycles. The van der Waals surface area contributed by atoms with Crippen LogP contribution < -0.4 is 10.6 Å². The van der Waals surface area contributed by atoms with Crippen LogP contribution in [0.5, 0.6) is 0 Å². The number of nitrogens with one attached hydrogen (secondary N) is 3. The van der Waals surface area contributed by atoms with Crippen molar-refractivity contribution in [2.75, 3.05) is 18.4 Å². The molecule has 1 amide bonds. The smallest absolute Gasteiger partial charge is 0.412 e. The number of carbonyl (C=O) groups is 1. The number of anilines is 1. The second-order valence-electron chi connectivity index (χ2n) is 5.85. The first-order chi connectivity index (χ1) is 8.96. The van der Waals surface area contributed by atoms with Crippen LogP contribution in [0.4, 0.5) is 10.5 Å². The minimum Gasteiger partial charge on any atom is -0.444 e. The summed E-state index contributed by atoms with van der Waals surface area (Å²) in [6.45, 7) is 7.52. The summed E-state index contributed by atoms with van der Waals surface area (Å²) in [5.41, 5.74) is 1.22. The number of hydrogen-bond donors (Lipinski definition) is 3. The number of rotatable bonds is 2. The fraction of sp³-hybridized carbons (Fsp3) is 0.692. The molecule has 0 unspecified atom stereocenters. The third-order valence-corrected chi connectivity index (χ3v) is 3.05. The molecule has 1 aliphatic rings. The summed E-state index contributed by atoms with van der Waals surface area (Å²) in [6, 6.07) is 0. The van der Waals surface area contributed by atoms with Gasteiger partial charge in [0, 0.05) is 5.92 Å². The number of piperidine rings is 1. The van der Waals surface area contributed by atoms with Crippen LogP contribution in [0.1, 0.15) is 45.2 Å². The summed E-state index contributed by atoms with van der Waals surface area (Å²) in [6.07, 6.45) is 3.29. The standard InChI is InChI=1S/C13H22N4O2/c1-13(2,3)19-12(18)16-10-8-15-17-11(10)9-4-6-14-7-5-9/h8-9,14H,4-7H2,1-3H3,(H,15,17)(H,16,18). The van der Waals surface area contributed by atoms with Gasteiger partial charge in [-0.3, -0.25) is 10.4 Å². The zero-order chi connectivity index (χ0) is 13.9. The number of aromatic nitrogens is 2. The van der Waals surface area contributed by atoms with E-state index in [9.17, 15) is 4.79 Å². The summed E-state index contributed by atoms with van der Waals surface area (Å²) in [7, 11) is 0. The van der Waals surface area contributed by atoms with Gasteiger partial charge in [-0.1, -0.05) is 0 Å². The molecule has 1 fully saturated rings. The van der Waals surface area contributed by atoms with E-state index in [-0.39, 0.29) is 0 Å². The molecule has 0 atom stereocenters. The molecule has 0 bridgehead atoms. The predicted octanol–water partition coefficient (Wildman–Crippen LogP) is 2.22. The Labute approximate surface area is 113 Å². The van der Waals surface area contributed by atoms with Crippen LogP contribution >= 0.6 is 0 Å². The van der Waals surface area contributed by atoms with Crippen molar-refractivity contribution in [3.8, 4) is 0 Å². The summed E-state index contributed by atoms with van der Waals surface area (Å²) in [4.78, 5) is 11.8. The van der Waals surface area contributed by atoms with Crippen LogP contribution in [0.2, 0.25) is 0 Å². The molecule has 6 nitrogen and oxygen atoms in total. The van der Waals surface area contributed by atoms with E-state index >= 15 is 0 Å². The lowest BCUT2D eigenvalue weighted by Crippen LogP contribution is -2.29. The lowest BCUT2D eigenvalue weighted by atomic mass is 9.94. The van der Waals surface area contributed by atoms with Gasteiger partial charge in [0.2, 0.25) is 0 Å². The van der Waals surface area contributed by atoms with Crippen molar-refractivity contribution in [2.24, 2.45) is 0 Å². The van der Waals surface area contributed by atoms with Crippen molar-refractivity contribution < 1.29 is 9.53 Å². The van der Waals surface area contributed by atoms with Gasteiger partial charge in [-0.05, 0) is 46.7 Å². The SMILES string of the molecule is CC(C)(C)OC(=O)Nc1cn[nH]c1C1CCNCC1.